The molecule has 28 nitrogen and oxygen atoms in total. The first kappa shape index (κ1) is 83.6. The fourth-order valence-corrected chi connectivity index (χ4v) is 12.9. The van der Waals surface area contributed by atoms with E-state index in [9.17, 15) is 48.6 Å². The molecule has 7 aromatic carbocycles. The van der Waals surface area contributed by atoms with E-state index in [4.69, 9.17) is 16.9 Å². The predicted octanol–water partition coefficient (Wildman–Crippen LogP) is 2.46. The van der Waals surface area contributed by atoms with E-state index >= 15 is 14.4 Å². The van der Waals surface area contributed by atoms with E-state index in [1.807, 2.05) is 73.7 Å². The number of unbranched alkanes of at least 4 members (excludes halogenated alkanes) is 1. The van der Waals surface area contributed by atoms with Crippen molar-refractivity contribution in [1.82, 2.24) is 63.4 Å². The van der Waals surface area contributed by atoms with Crippen LogP contribution in [0.1, 0.15) is 97.7 Å². The number of amides is 11. The van der Waals surface area contributed by atoms with Crippen LogP contribution in [0.5, 0.6) is 5.75 Å². The maximum absolute atomic E-state index is 15.1. The highest BCUT2D eigenvalue weighted by atomic mass is 16.3. The Morgan fingerprint density at radius 1 is 0.464 bits per heavy atom. The van der Waals surface area contributed by atoms with Gasteiger partial charge in [-0.1, -0.05) is 175 Å². The number of nitrogens with two attached hydrogens (primary N) is 2. The lowest BCUT2D eigenvalue weighted by Gasteiger charge is -2.31. The molecule has 0 spiro atoms. The molecule has 28 heteroatoms. The van der Waals surface area contributed by atoms with Crippen molar-refractivity contribution in [3.63, 3.8) is 0 Å². The Hall–Kier alpha value is -12.0. The Bertz CT molecular complexity index is 4270. The minimum absolute atomic E-state index is 0.0382. The van der Waals surface area contributed by atoms with E-state index in [1.165, 1.54) is 43.0 Å². The second-order valence-electron chi connectivity index (χ2n) is 27.7. The minimum Gasteiger partial charge on any atom is -0.508 e. The van der Waals surface area contributed by atoms with Crippen LogP contribution in [0.15, 0.2) is 182 Å². The van der Waals surface area contributed by atoms with Crippen LogP contribution in [0, 0.1) is 12.3 Å². The van der Waals surface area contributed by atoms with Crippen LogP contribution in [-0.4, -0.2) is 173 Å². The average molecular weight is 1500 g/mol. The number of aryl methyl sites for hydroxylation is 1. The smallest absolute Gasteiger partial charge is 0.245 e. The number of aliphatic hydroxyl groups is 1. The van der Waals surface area contributed by atoms with Crippen molar-refractivity contribution < 1.29 is 63.0 Å². The highest BCUT2D eigenvalue weighted by molar-refractivity contribution is 5.99. The highest BCUT2D eigenvalue weighted by Gasteiger charge is 2.40. The van der Waals surface area contributed by atoms with E-state index in [-0.39, 0.29) is 82.6 Å². The predicted molar refractivity (Wildman–Crippen MR) is 416 cm³/mol. The van der Waals surface area contributed by atoms with Gasteiger partial charge in [-0.2, -0.15) is 0 Å². The molecule has 0 radical (unpaired) electrons. The van der Waals surface area contributed by atoms with Crippen molar-refractivity contribution in [3.8, 4) is 5.75 Å². The maximum atomic E-state index is 15.1. The summed E-state index contributed by atoms with van der Waals surface area (Å²) in [5.41, 5.74) is 16.2. The van der Waals surface area contributed by atoms with E-state index in [2.05, 4.69) is 58.5 Å². The van der Waals surface area contributed by atoms with Gasteiger partial charge in [0, 0.05) is 58.7 Å². The lowest BCUT2D eigenvalue weighted by molar-refractivity contribution is -0.142. The summed E-state index contributed by atoms with van der Waals surface area (Å²) < 4.78 is 0. The lowest BCUT2D eigenvalue weighted by Crippen LogP contribution is -2.61. The van der Waals surface area contributed by atoms with Crippen LogP contribution < -0.4 is 70.0 Å². The molecule has 18 N–H and O–H groups in total. The molecule has 1 aliphatic rings. The average Bonchev–Trinajstić information content (AvgIpc) is 1.43. The number of carbonyl (C=O) groups is 11. The molecule has 110 heavy (non-hydrogen) atoms. The van der Waals surface area contributed by atoms with Crippen molar-refractivity contribution in [2.24, 2.45) is 11.5 Å². The number of nitrogens with zero attached hydrogens (tertiary/aromatic N) is 1. The molecule has 10 unspecified atom stereocenters. The number of likely N-dealkylation sites (tertiary alicyclic amines) is 1. The molecular weight excluding hydrogens is 1400 g/mol. The number of fused-ring (bicyclic) bond motifs is 1. The first-order valence-electron chi connectivity index (χ1n) is 37.0. The summed E-state index contributed by atoms with van der Waals surface area (Å²) in [5.74, 6) is -9.16. The van der Waals surface area contributed by atoms with Crippen molar-refractivity contribution in [2.75, 3.05) is 26.2 Å². The summed E-state index contributed by atoms with van der Waals surface area (Å²) in [5, 5.41) is 61.6. The summed E-state index contributed by atoms with van der Waals surface area (Å²) in [6.45, 7) is 4.99. The van der Waals surface area contributed by atoms with Gasteiger partial charge in [0.15, 0.2) is 5.96 Å². The van der Waals surface area contributed by atoms with Gasteiger partial charge in [-0.3, -0.25) is 58.1 Å². The molecule has 0 saturated carbocycles. The molecule has 8 rings (SSSR count). The molecule has 0 aliphatic carbocycles. The van der Waals surface area contributed by atoms with Crippen LogP contribution in [-0.2, 0) is 91.4 Å². The second kappa shape index (κ2) is 42.5. The molecule has 0 aromatic heterocycles. The largest absolute Gasteiger partial charge is 0.508 e. The molecule has 1 heterocycles. The molecule has 10 atom stereocenters. The van der Waals surface area contributed by atoms with Gasteiger partial charge in [0.2, 0.25) is 65.0 Å². The Morgan fingerprint density at radius 3 is 1.38 bits per heavy atom. The third-order valence-corrected chi connectivity index (χ3v) is 18.9. The van der Waals surface area contributed by atoms with Crippen molar-refractivity contribution in [1.29, 1.82) is 5.41 Å². The first-order valence-corrected chi connectivity index (χ1v) is 37.0. The van der Waals surface area contributed by atoms with Crippen LogP contribution >= 0.6 is 0 Å². The van der Waals surface area contributed by atoms with Gasteiger partial charge in [-0.05, 0) is 122 Å². The second-order valence-corrected chi connectivity index (χ2v) is 27.7. The number of phenols is 1. The summed E-state index contributed by atoms with van der Waals surface area (Å²) in [7, 11) is 0. The standard InChI is InChI=1S/C82H101N15O13/c1-51-30-32-58(33-31-51)49-86-40-16-15-27-64(81(110)97-42-18-29-71(97)80(109)88-52(2)72(83)101)91-76(105)66(44-54-19-7-4-8-20-54)92-73(102)63(28-17-41-87-82(84)85)90-75(104)69(47-57-35-38-62(100)39-36-57)95-79(108)70(50-98)96-78(107)68(46-56-23-11-6-12-24-56)94-77(106)67(45-55-21-9-5-10-22-55)93-74(103)65(89-53(3)99)48-59-34-37-60-25-13-14-26-61(60)43-59/h4-14,19-26,30-39,43,52,63-71,86,98,100H,15-18,27-29,40-42,44-50H2,1-3H3,(H2,83,101)(H,88,109)(H,89,99)(H,90,104)(H,91,105)(H,92,102)(H,93,103)(H,94,106)(H,95,108)(H,96,107)(H4,84,85,87). The molecule has 1 saturated heterocycles. The zero-order valence-corrected chi connectivity index (χ0v) is 62.1. The zero-order chi connectivity index (χ0) is 79.1. The number of aromatic hydroxyl groups is 1. The number of rotatable bonds is 41. The number of benzene rings is 7. The first-order chi connectivity index (χ1) is 52.9. The molecule has 1 aliphatic heterocycles. The van der Waals surface area contributed by atoms with Gasteiger partial charge in [0.1, 0.15) is 66.2 Å². The number of phenolic OH excluding ortho intramolecular Hbond substituents is 1. The number of nitrogens with one attached hydrogen (secondary N) is 12. The number of hydrogen-bond donors (Lipinski definition) is 16. The monoisotopic (exact) mass is 1500 g/mol. The highest BCUT2D eigenvalue weighted by Crippen LogP contribution is 2.23. The molecule has 0 bridgehead atoms. The van der Waals surface area contributed by atoms with Crippen molar-refractivity contribution >= 4 is 81.7 Å². The third-order valence-electron chi connectivity index (χ3n) is 18.9. The van der Waals surface area contributed by atoms with Crippen molar-refractivity contribution in [3.05, 3.63) is 221 Å². The minimum atomic E-state index is -1.81. The maximum Gasteiger partial charge on any atom is 0.245 e. The van der Waals surface area contributed by atoms with Crippen LogP contribution in [0.4, 0.5) is 0 Å². The summed E-state index contributed by atoms with van der Waals surface area (Å²) in [6.07, 6.45) is 1.13. The Balaban J connectivity index is 1.03. The van der Waals surface area contributed by atoms with E-state index in [0.717, 1.165) is 27.5 Å². The van der Waals surface area contributed by atoms with Crippen LogP contribution in [0.25, 0.3) is 10.8 Å². The van der Waals surface area contributed by atoms with E-state index in [1.54, 1.807) is 91.0 Å². The van der Waals surface area contributed by atoms with E-state index in [0.29, 0.717) is 54.6 Å². The van der Waals surface area contributed by atoms with Crippen molar-refractivity contribution in [2.45, 2.75) is 165 Å². The quantitative estimate of drug-likeness (QED) is 0.0149. The molecule has 7 aromatic rings. The fourth-order valence-electron chi connectivity index (χ4n) is 12.9. The number of aliphatic hydroxyl groups excluding tert-OH is 1. The SMILES string of the molecule is CC(=O)NC(Cc1ccc2ccccc2c1)C(=O)NC(Cc1ccccc1)C(=O)NC(Cc1ccccc1)C(=O)NC(CO)C(=O)NC(Cc1ccc(O)cc1)C(=O)NC(CCCNC(=N)N)C(=O)NC(Cc1ccccc1)C(=O)NC(CCCCNCc1ccc(C)cc1)C(=O)N1CCCC1C(=O)NC(C)C(N)=O. The Labute approximate surface area is 639 Å². The number of hydrogen-bond acceptors (Lipinski definition) is 15. The summed E-state index contributed by atoms with van der Waals surface area (Å²) in [4.78, 5) is 159. The number of carbonyl (C=O) groups excluding carboxylic acids is 11. The fraction of sp³-hybridized carbons (Fsp3) is 0.366. The topological polar surface area (TPSA) is 440 Å². The van der Waals surface area contributed by atoms with E-state index < -0.39 is 132 Å². The third kappa shape index (κ3) is 26.7. The van der Waals surface area contributed by atoms with Gasteiger partial charge >= 0.3 is 0 Å². The normalized spacial score (nSPS) is 14.9. The zero-order valence-electron chi connectivity index (χ0n) is 62.1. The molecule has 1 fully saturated rings. The molecular formula is C82H101N15O13. The summed E-state index contributed by atoms with van der Waals surface area (Å²) >= 11 is 0. The molecule has 582 valence electrons. The van der Waals surface area contributed by atoms with Gasteiger partial charge in [-0.15, -0.1) is 0 Å². The lowest BCUT2D eigenvalue weighted by atomic mass is 9.99. The number of primary amides is 1. The molecule has 11 amide bonds. The Kier molecular flexibility index (Phi) is 32.3. The van der Waals surface area contributed by atoms with Gasteiger partial charge < -0.3 is 85.1 Å². The Morgan fingerprint density at radius 2 is 0.882 bits per heavy atom. The van der Waals surface area contributed by atoms with Gasteiger partial charge in [0.25, 0.3) is 0 Å². The summed E-state index contributed by atoms with van der Waals surface area (Å²) in [6, 6.07) is 39.5. The van der Waals surface area contributed by atoms with Crippen LogP contribution in [0.2, 0.25) is 0 Å². The van der Waals surface area contributed by atoms with Gasteiger partial charge in [-0.25, -0.2) is 0 Å². The number of guanidine groups is 1. The van der Waals surface area contributed by atoms with Crippen LogP contribution in [0.3, 0.4) is 0 Å². The van der Waals surface area contributed by atoms with Gasteiger partial charge in [0.05, 0.1) is 6.61 Å².